The lowest BCUT2D eigenvalue weighted by atomic mass is 9.81. The third-order valence-corrected chi connectivity index (χ3v) is 2.54. The van der Waals surface area contributed by atoms with Gasteiger partial charge in [-0.2, -0.15) is 0 Å². The van der Waals surface area contributed by atoms with E-state index >= 15 is 0 Å². The summed E-state index contributed by atoms with van der Waals surface area (Å²) in [6.45, 7) is 8.21. The van der Waals surface area contributed by atoms with Crippen molar-refractivity contribution >= 4 is 6.29 Å². The molecular weight excluding hydrogens is 172 g/mol. The summed E-state index contributed by atoms with van der Waals surface area (Å²) in [7, 11) is 0. The molecule has 0 radical (unpaired) electrons. The molecule has 1 atom stereocenters. The first-order valence-corrected chi connectivity index (χ1v) is 5.47. The largest absolute Gasteiger partial charge is 0.302 e. The molecular formula is C13H22O. The first-order valence-electron chi connectivity index (χ1n) is 5.47. The van der Waals surface area contributed by atoms with E-state index < -0.39 is 0 Å². The quantitative estimate of drug-likeness (QED) is 0.463. The van der Waals surface area contributed by atoms with Crippen LogP contribution in [0.5, 0.6) is 0 Å². The van der Waals surface area contributed by atoms with Crippen molar-refractivity contribution in [3.63, 3.8) is 0 Å². The van der Waals surface area contributed by atoms with Gasteiger partial charge in [0.25, 0.3) is 0 Å². The normalized spacial score (nSPS) is 14.0. The molecule has 14 heavy (non-hydrogen) atoms. The van der Waals surface area contributed by atoms with E-state index in [9.17, 15) is 4.79 Å². The Kier molecular flexibility index (Phi) is 6.23. The minimum atomic E-state index is -0.271. The van der Waals surface area contributed by atoms with Gasteiger partial charge in [-0.3, -0.25) is 0 Å². The van der Waals surface area contributed by atoms with Crippen LogP contribution in [0.1, 0.15) is 53.4 Å². The molecule has 0 aromatic heterocycles. The molecule has 0 aliphatic rings. The van der Waals surface area contributed by atoms with E-state index in [1.165, 1.54) is 0 Å². The van der Waals surface area contributed by atoms with Crippen LogP contribution >= 0.6 is 0 Å². The highest BCUT2D eigenvalue weighted by Gasteiger charge is 2.23. The molecule has 0 aliphatic carbocycles. The summed E-state index contributed by atoms with van der Waals surface area (Å²) in [5, 5.41) is 0. The summed E-state index contributed by atoms with van der Waals surface area (Å²) in [5.41, 5.74) is 4.01. The second-order valence-electron chi connectivity index (χ2n) is 4.10. The molecule has 0 spiro atoms. The maximum absolute atomic E-state index is 11.1. The van der Waals surface area contributed by atoms with E-state index in [1.807, 2.05) is 19.9 Å². The SMILES string of the molecule is CCCC[C@](C=O)(C=C=C(C)C)CC. The molecule has 0 aliphatic heterocycles. The summed E-state index contributed by atoms with van der Waals surface area (Å²) in [4.78, 5) is 11.1. The zero-order valence-electron chi connectivity index (χ0n) is 9.89. The van der Waals surface area contributed by atoms with Gasteiger partial charge in [0.15, 0.2) is 0 Å². The summed E-state index contributed by atoms with van der Waals surface area (Å²) < 4.78 is 0. The number of carbonyl (C=O) groups is 1. The summed E-state index contributed by atoms with van der Waals surface area (Å²) in [6.07, 6.45) is 7.09. The standard InChI is InChI=1S/C13H22O/c1-5-7-9-13(6-2,11-14)10-8-12(3)4/h10-11H,5-7,9H2,1-4H3/t13-/m0/s1. The molecule has 80 valence electrons. The van der Waals surface area contributed by atoms with E-state index in [1.54, 1.807) is 0 Å². The van der Waals surface area contributed by atoms with Crippen LogP contribution in [-0.2, 0) is 4.79 Å². The van der Waals surface area contributed by atoms with Crippen LogP contribution in [0.4, 0.5) is 0 Å². The van der Waals surface area contributed by atoms with Gasteiger partial charge in [-0.1, -0.05) is 26.7 Å². The zero-order chi connectivity index (χ0) is 11.0. The van der Waals surface area contributed by atoms with Gasteiger partial charge in [-0.15, -0.1) is 5.73 Å². The molecule has 1 heteroatoms. The predicted octanol–water partition coefficient (Wildman–Crippen LogP) is 3.89. The van der Waals surface area contributed by atoms with E-state index in [0.717, 1.165) is 37.5 Å². The number of aldehydes is 1. The molecule has 1 nitrogen and oxygen atoms in total. The third-order valence-electron chi connectivity index (χ3n) is 2.54. The molecule has 0 unspecified atom stereocenters. The van der Waals surface area contributed by atoms with Crippen molar-refractivity contribution in [2.24, 2.45) is 5.41 Å². The lowest BCUT2D eigenvalue weighted by Gasteiger charge is -2.20. The average Bonchev–Trinajstić information content (AvgIpc) is 2.19. The first-order chi connectivity index (χ1) is 6.60. The van der Waals surface area contributed by atoms with Crippen molar-refractivity contribution in [2.45, 2.75) is 53.4 Å². The van der Waals surface area contributed by atoms with Crippen LogP contribution in [0.3, 0.4) is 0 Å². The van der Waals surface area contributed by atoms with Gasteiger partial charge in [-0.25, -0.2) is 0 Å². The molecule has 0 heterocycles. The van der Waals surface area contributed by atoms with Crippen molar-refractivity contribution < 1.29 is 4.79 Å². The van der Waals surface area contributed by atoms with Crippen molar-refractivity contribution in [2.75, 3.05) is 0 Å². The molecule has 0 aromatic rings. The summed E-state index contributed by atoms with van der Waals surface area (Å²) in [6, 6.07) is 0. The fraction of sp³-hybridized carbons (Fsp3) is 0.692. The van der Waals surface area contributed by atoms with Crippen molar-refractivity contribution in [1.29, 1.82) is 0 Å². The summed E-state index contributed by atoms with van der Waals surface area (Å²) >= 11 is 0. The Labute approximate surface area is 87.9 Å². The highest BCUT2D eigenvalue weighted by Crippen LogP contribution is 2.27. The van der Waals surface area contributed by atoms with Crippen LogP contribution in [-0.4, -0.2) is 6.29 Å². The highest BCUT2D eigenvalue weighted by molar-refractivity contribution is 5.62. The number of rotatable bonds is 6. The van der Waals surface area contributed by atoms with Gasteiger partial charge >= 0.3 is 0 Å². The topological polar surface area (TPSA) is 17.1 Å². The molecule has 0 aromatic carbocycles. The number of unbranched alkanes of at least 4 members (excludes halogenated alkanes) is 1. The maximum atomic E-state index is 11.1. The molecule has 0 amide bonds. The molecule has 0 bridgehead atoms. The molecule has 0 fully saturated rings. The second-order valence-corrected chi connectivity index (χ2v) is 4.10. The Morgan fingerprint density at radius 1 is 1.36 bits per heavy atom. The van der Waals surface area contributed by atoms with Gasteiger partial charge < -0.3 is 4.79 Å². The van der Waals surface area contributed by atoms with E-state index in [-0.39, 0.29) is 5.41 Å². The van der Waals surface area contributed by atoms with Gasteiger partial charge in [0.1, 0.15) is 6.29 Å². The van der Waals surface area contributed by atoms with Crippen LogP contribution in [0, 0.1) is 5.41 Å². The van der Waals surface area contributed by atoms with Gasteiger partial charge in [-0.05, 0) is 38.3 Å². The Bertz CT molecular complexity index is 230. The second kappa shape index (κ2) is 6.62. The number of carbonyl (C=O) groups excluding carboxylic acids is 1. The molecule has 0 saturated carbocycles. The van der Waals surface area contributed by atoms with Crippen molar-refractivity contribution in [3.8, 4) is 0 Å². The molecule has 0 saturated heterocycles. The zero-order valence-corrected chi connectivity index (χ0v) is 9.89. The average molecular weight is 194 g/mol. The molecule has 0 N–H and O–H groups in total. The van der Waals surface area contributed by atoms with Crippen LogP contribution in [0.25, 0.3) is 0 Å². The Balaban J connectivity index is 4.70. The summed E-state index contributed by atoms with van der Waals surface area (Å²) in [5.74, 6) is 0. The third kappa shape index (κ3) is 4.43. The van der Waals surface area contributed by atoms with E-state index in [0.29, 0.717) is 0 Å². The van der Waals surface area contributed by atoms with E-state index in [4.69, 9.17) is 0 Å². The predicted molar refractivity (Wildman–Crippen MR) is 61.3 cm³/mol. The van der Waals surface area contributed by atoms with Gasteiger partial charge in [0, 0.05) is 0 Å². The van der Waals surface area contributed by atoms with Crippen LogP contribution < -0.4 is 0 Å². The lowest BCUT2D eigenvalue weighted by molar-refractivity contribution is -0.114. The Morgan fingerprint density at radius 3 is 2.36 bits per heavy atom. The number of allylic oxidation sites excluding steroid dienone is 1. The minimum absolute atomic E-state index is 0.271. The van der Waals surface area contributed by atoms with Gasteiger partial charge in [0.05, 0.1) is 5.41 Å². The minimum Gasteiger partial charge on any atom is -0.302 e. The van der Waals surface area contributed by atoms with Gasteiger partial charge in [0.2, 0.25) is 0 Å². The molecule has 0 rings (SSSR count). The Hall–Kier alpha value is -0.810. The highest BCUT2D eigenvalue weighted by atomic mass is 16.1. The van der Waals surface area contributed by atoms with Crippen LogP contribution in [0.2, 0.25) is 0 Å². The Morgan fingerprint density at radius 2 is 2.00 bits per heavy atom. The van der Waals surface area contributed by atoms with Crippen molar-refractivity contribution in [3.05, 3.63) is 17.4 Å². The fourth-order valence-corrected chi connectivity index (χ4v) is 1.32. The monoisotopic (exact) mass is 194 g/mol. The number of hydrogen-bond acceptors (Lipinski definition) is 1. The first kappa shape index (κ1) is 13.2. The fourth-order valence-electron chi connectivity index (χ4n) is 1.32. The lowest BCUT2D eigenvalue weighted by Crippen LogP contribution is -2.18. The van der Waals surface area contributed by atoms with E-state index in [2.05, 4.69) is 19.6 Å². The van der Waals surface area contributed by atoms with Crippen LogP contribution in [0.15, 0.2) is 17.4 Å². The smallest absolute Gasteiger partial charge is 0.130 e. The maximum Gasteiger partial charge on any atom is 0.130 e. The van der Waals surface area contributed by atoms with Crippen molar-refractivity contribution in [1.82, 2.24) is 0 Å². The number of hydrogen-bond donors (Lipinski definition) is 0.